The third-order valence-corrected chi connectivity index (χ3v) is 2.43. The lowest BCUT2D eigenvalue weighted by atomic mass is 9.71. The minimum absolute atomic E-state index is 0.272. The molecule has 1 saturated carbocycles. The van der Waals surface area contributed by atoms with Crippen LogP contribution in [-0.4, -0.2) is 15.7 Å². The smallest absolute Gasteiger partial charge is 0.252 e. The van der Waals surface area contributed by atoms with E-state index in [0.717, 1.165) is 0 Å². The first kappa shape index (κ1) is 8.62. The van der Waals surface area contributed by atoms with Gasteiger partial charge < -0.3 is 5.73 Å². The van der Waals surface area contributed by atoms with E-state index in [2.05, 4.69) is 5.10 Å². The molecule has 2 rings (SSSR count). The Morgan fingerprint density at radius 3 is 2.54 bits per heavy atom. The molecule has 1 aromatic heterocycles. The molecule has 0 radical (unpaired) electrons. The molecule has 1 aromatic rings. The average Bonchev–Trinajstić information content (AvgIpc) is 2.31. The quantitative estimate of drug-likeness (QED) is 0.712. The Morgan fingerprint density at radius 2 is 2.15 bits per heavy atom. The number of aromatic nitrogens is 2. The normalized spacial score (nSPS) is 24.0. The van der Waals surface area contributed by atoms with Gasteiger partial charge in [-0.05, 0) is 0 Å². The number of alkyl halides is 2. The first-order valence-electron chi connectivity index (χ1n) is 4.07. The number of aryl methyl sites for hydroxylation is 1. The van der Waals surface area contributed by atoms with Gasteiger partial charge in [0.2, 0.25) is 0 Å². The van der Waals surface area contributed by atoms with Crippen LogP contribution in [0.5, 0.6) is 0 Å². The highest BCUT2D eigenvalue weighted by Crippen LogP contribution is 2.49. The molecule has 13 heavy (non-hydrogen) atoms. The third-order valence-electron chi connectivity index (χ3n) is 2.43. The monoisotopic (exact) mass is 187 g/mol. The highest BCUT2D eigenvalue weighted by atomic mass is 19.3. The molecule has 0 amide bonds. The Kier molecular flexibility index (Phi) is 1.52. The number of nitrogens with two attached hydrogens (primary N) is 1. The maximum Gasteiger partial charge on any atom is 0.252 e. The maximum absolute atomic E-state index is 12.6. The van der Waals surface area contributed by atoms with Crippen molar-refractivity contribution in [2.75, 3.05) is 0 Å². The molecular weight excluding hydrogens is 176 g/mol. The van der Waals surface area contributed by atoms with Gasteiger partial charge in [0, 0.05) is 31.6 Å². The molecule has 1 aliphatic carbocycles. The lowest BCUT2D eigenvalue weighted by Crippen LogP contribution is -2.55. The van der Waals surface area contributed by atoms with Crippen LogP contribution in [0.4, 0.5) is 8.78 Å². The van der Waals surface area contributed by atoms with Crippen LogP contribution in [0.1, 0.15) is 18.4 Å². The van der Waals surface area contributed by atoms with Crippen LogP contribution in [0.3, 0.4) is 0 Å². The van der Waals surface area contributed by atoms with E-state index in [1.165, 1.54) is 0 Å². The van der Waals surface area contributed by atoms with Crippen LogP contribution < -0.4 is 5.73 Å². The molecule has 0 spiro atoms. The van der Waals surface area contributed by atoms with Crippen LogP contribution in [0.15, 0.2) is 12.4 Å². The summed E-state index contributed by atoms with van der Waals surface area (Å²) in [5.74, 6) is -2.59. The first-order chi connectivity index (χ1) is 5.91. The summed E-state index contributed by atoms with van der Waals surface area (Å²) in [6.07, 6.45) is 2.70. The van der Waals surface area contributed by atoms with Crippen molar-refractivity contribution in [2.24, 2.45) is 12.8 Å². The summed E-state index contributed by atoms with van der Waals surface area (Å²) in [5.41, 5.74) is 5.61. The van der Waals surface area contributed by atoms with Crippen LogP contribution >= 0.6 is 0 Å². The predicted octanol–water partition coefficient (Wildman–Crippen LogP) is 1.00. The second-order valence-electron chi connectivity index (χ2n) is 3.77. The van der Waals surface area contributed by atoms with E-state index in [1.807, 2.05) is 0 Å². The molecule has 3 nitrogen and oxygen atoms in total. The summed E-state index contributed by atoms with van der Waals surface area (Å²) >= 11 is 0. The van der Waals surface area contributed by atoms with Gasteiger partial charge >= 0.3 is 0 Å². The van der Waals surface area contributed by atoms with Crippen molar-refractivity contribution in [3.8, 4) is 0 Å². The van der Waals surface area contributed by atoms with Crippen LogP contribution in [0, 0.1) is 0 Å². The maximum atomic E-state index is 12.6. The van der Waals surface area contributed by atoms with Crippen LogP contribution in [-0.2, 0) is 12.6 Å². The van der Waals surface area contributed by atoms with Crippen molar-refractivity contribution < 1.29 is 8.78 Å². The zero-order valence-corrected chi connectivity index (χ0v) is 7.30. The summed E-state index contributed by atoms with van der Waals surface area (Å²) in [4.78, 5) is 0. The van der Waals surface area contributed by atoms with E-state index in [9.17, 15) is 8.78 Å². The van der Waals surface area contributed by atoms with E-state index in [-0.39, 0.29) is 12.8 Å². The van der Waals surface area contributed by atoms with Crippen LogP contribution in [0.25, 0.3) is 0 Å². The van der Waals surface area contributed by atoms with E-state index < -0.39 is 11.5 Å². The molecule has 0 saturated heterocycles. The summed E-state index contributed by atoms with van der Waals surface area (Å²) in [7, 11) is 1.74. The van der Waals surface area contributed by atoms with Gasteiger partial charge in [0.05, 0.1) is 11.7 Å². The molecule has 0 aliphatic heterocycles. The Morgan fingerprint density at radius 1 is 1.54 bits per heavy atom. The van der Waals surface area contributed by atoms with Gasteiger partial charge in [0.25, 0.3) is 5.92 Å². The summed E-state index contributed by atoms with van der Waals surface area (Å²) in [5, 5.41) is 3.90. The Balaban J connectivity index is 2.20. The Hall–Kier alpha value is -0.970. The molecule has 0 atom stereocenters. The van der Waals surface area contributed by atoms with Crippen molar-refractivity contribution in [3.05, 3.63) is 18.0 Å². The van der Waals surface area contributed by atoms with E-state index in [0.29, 0.717) is 5.56 Å². The fourth-order valence-corrected chi connectivity index (χ4v) is 1.75. The van der Waals surface area contributed by atoms with Gasteiger partial charge in [-0.1, -0.05) is 0 Å². The van der Waals surface area contributed by atoms with E-state index >= 15 is 0 Å². The van der Waals surface area contributed by atoms with Crippen molar-refractivity contribution in [3.63, 3.8) is 0 Å². The third kappa shape index (κ3) is 1.33. The molecule has 72 valence electrons. The topological polar surface area (TPSA) is 43.8 Å². The molecule has 0 bridgehead atoms. The molecular formula is C8H11F2N3. The predicted molar refractivity (Wildman–Crippen MR) is 43.3 cm³/mol. The molecule has 1 fully saturated rings. The summed E-state index contributed by atoms with van der Waals surface area (Å²) in [6, 6.07) is 0. The van der Waals surface area contributed by atoms with Gasteiger partial charge in [-0.15, -0.1) is 0 Å². The zero-order valence-electron chi connectivity index (χ0n) is 7.30. The van der Waals surface area contributed by atoms with Crippen molar-refractivity contribution in [2.45, 2.75) is 24.3 Å². The highest BCUT2D eigenvalue weighted by Gasteiger charge is 2.55. The Labute approximate surface area is 74.5 Å². The average molecular weight is 187 g/mol. The van der Waals surface area contributed by atoms with Crippen LogP contribution in [0.2, 0.25) is 0 Å². The Bertz CT molecular complexity index is 324. The molecule has 2 N–H and O–H groups in total. The molecule has 1 aliphatic rings. The molecule has 5 heteroatoms. The number of nitrogens with zero attached hydrogens (tertiary/aromatic N) is 2. The number of rotatable bonds is 1. The van der Waals surface area contributed by atoms with Crippen molar-refractivity contribution >= 4 is 0 Å². The molecule has 0 unspecified atom stereocenters. The lowest BCUT2D eigenvalue weighted by molar-refractivity contribution is -0.125. The van der Waals surface area contributed by atoms with Gasteiger partial charge in [-0.25, -0.2) is 8.78 Å². The standard InChI is InChI=1S/C8H11F2N3/c1-13-3-6(2-12-13)7(11)4-8(9,10)5-7/h2-3H,4-5,11H2,1H3. The first-order valence-corrected chi connectivity index (χ1v) is 4.07. The minimum atomic E-state index is -2.59. The second-order valence-corrected chi connectivity index (χ2v) is 3.77. The van der Waals surface area contributed by atoms with Crippen molar-refractivity contribution in [1.82, 2.24) is 9.78 Å². The fourth-order valence-electron chi connectivity index (χ4n) is 1.75. The fraction of sp³-hybridized carbons (Fsp3) is 0.625. The van der Waals surface area contributed by atoms with Gasteiger partial charge in [-0.2, -0.15) is 5.10 Å². The van der Waals surface area contributed by atoms with E-state index in [4.69, 9.17) is 5.73 Å². The van der Waals surface area contributed by atoms with E-state index in [1.54, 1.807) is 24.1 Å². The zero-order chi connectivity index (χ0) is 9.69. The van der Waals surface area contributed by atoms with Gasteiger partial charge in [-0.3, -0.25) is 4.68 Å². The van der Waals surface area contributed by atoms with Gasteiger partial charge in [0.1, 0.15) is 0 Å². The highest BCUT2D eigenvalue weighted by molar-refractivity contribution is 5.24. The molecule has 0 aromatic carbocycles. The lowest BCUT2D eigenvalue weighted by Gasteiger charge is -2.43. The largest absolute Gasteiger partial charge is 0.321 e. The number of halogens is 2. The number of hydrogen-bond acceptors (Lipinski definition) is 2. The summed E-state index contributed by atoms with van der Waals surface area (Å²) < 4.78 is 26.8. The second kappa shape index (κ2) is 2.29. The van der Waals surface area contributed by atoms with Gasteiger partial charge in [0.15, 0.2) is 0 Å². The number of hydrogen-bond donors (Lipinski definition) is 1. The summed E-state index contributed by atoms with van der Waals surface area (Å²) in [6.45, 7) is 0. The minimum Gasteiger partial charge on any atom is -0.321 e. The van der Waals surface area contributed by atoms with Crippen molar-refractivity contribution in [1.29, 1.82) is 0 Å². The SMILES string of the molecule is Cn1cc(C2(N)CC(F)(F)C2)cn1. The molecule has 1 heterocycles.